The number of hydrogen-bond acceptors (Lipinski definition) is 5. The van der Waals surface area contributed by atoms with Gasteiger partial charge in [0.15, 0.2) is 0 Å². The number of aryl methyl sites for hydroxylation is 1. The molecule has 0 radical (unpaired) electrons. The van der Waals surface area contributed by atoms with Crippen LogP contribution in [0.25, 0.3) is 0 Å². The molecule has 2 amide bonds. The molecular formula is C23H28N2O5S. The average Bonchev–Trinajstić information content (AvgIpc) is 2.72. The minimum atomic E-state index is -4.18. The van der Waals surface area contributed by atoms with E-state index in [-0.39, 0.29) is 16.6 Å². The molecule has 0 saturated carbocycles. The molecule has 0 aliphatic carbocycles. The first-order valence-corrected chi connectivity index (χ1v) is 11.5. The lowest BCUT2D eigenvalue weighted by molar-refractivity contribution is -0.160. The van der Waals surface area contributed by atoms with Crippen LogP contribution in [0.5, 0.6) is 5.75 Å². The van der Waals surface area contributed by atoms with E-state index in [9.17, 15) is 18.0 Å². The van der Waals surface area contributed by atoms with Crippen LogP contribution in [0.1, 0.15) is 38.3 Å². The lowest BCUT2D eigenvalue weighted by Crippen LogP contribution is -2.69. The summed E-state index contributed by atoms with van der Waals surface area (Å²) >= 11 is 0. The maximum Gasteiger partial charge on any atom is 0.267 e. The highest BCUT2D eigenvalue weighted by Crippen LogP contribution is 2.37. The molecular weight excluding hydrogens is 416 g/mol. The molecule has 8 heteroatoms. The van der Waals surface area contributed by atoms with E-state index in [2.05, 4.69) is 4.72 Å². The quantitative estimate of drug-likeness (QED) is 0.740. The van der Waals surface area contributed by atoms with Crippen LogP contribution in [0.2, 0.25) is 0 Å². The number of ether oxygens (including phenoxy) is 1. The molecule has 1 N–H and O–H groups in total. The average molecular weight is 445 g/mol. The van der Waals surface area contributed by atoms with Crippen molar-refractivity contribution in [1.29, 1.82) is 0 Å². The molecule has 166 valence electrons. The summed E-state index contributed by atoms with van der Waals surface area (Å²) in [6, 6.07) is 13.9. The van der Waals surface area contributed by atoms with Crippen LogP contribution in [-0.2, 0) is 25.0 Å². The Hall–Kier alpha value is -2.87. The second kappa shape index (κ2) is 8.00. The van der Waals surface area contributed by atoms with Gasteiger partial charge in [-0.1, -0.05) is 36.4 Å². The number of amides is 2. The Labute approximate surface area is 183 Å². The largest absolute Gasteiger partial charge is 0.495 e. The maximum absolute atomic E-state index is 13.3. The third-order valence-corrected chi connectivity index (χ3v) is 7.39. The monoisotopic (exact) mass is 444 g/mol. The van der Waals surface area contributed by atoms with Crippen LogP contribution in [0, 0.1) is 6.92 Å². The van der Waals surface area contributed by atoms with E-state index in [1.165, 1.54) is 18.1 Å². The minimum Gasteiger partial charge on any atom is -0.495 e. The third-order valence-electron chi connectivity index (χ3n) is 6.02. The molecule has 3 rings (SSSR count). The van der Waals surface area contributed by atoms with Gasteiger partial charge in [-0.15, -0.1) is 0 Å². The van der Waals surface area contributed by atoms with E-state index >= 15 is 0 Å². The van der Waals surface area contributed by atoms with Crippen LogP contribution in [-0.4, -0.2) is 44.3 Å². The predicted octanol–water partition coefficient (Wildman–Crippen LogP) is 2.78. The fourth-order valence-corrected chi connectivity index (χ4v) is 4.95. The Morgan fingerprint density at radius 1 is 1.13 bits per heavy atom. The SMILES string of the molecule is COc1cc(C)ccc1S(=O)(=O)NC(=O)C1(C)CCN1C(=O)C(C)(C)c1ccccc1. The zero-order valence-electron chi connectivity index (χ0n) is 18.4. The van der Waals surface area contributed by atoms with Gasteiger partial charge in [0.1, 0.15) is 16.2 Å². The number of benzene rings is 2. The first-order chi connectivity index (χ1) is 14.4. The molecule has 0 aromatic heterocycles. The molecule has 1 aliphatic heterocycles. The number of hydrogen-bond donors (Lipinski definition) is 1. The van der Waals surface area contributed by atoms with Crippen LogP contribution in [0.15, 0.2) is 53.4 Å². The van der Waals surface area contributed by atoms with Crippen molar-refractivity contribution in [2.45, 2.75) is 50.0 Å². The Morgan fingerprint density at radius 2 is 1.77 bits per heavy atom. The van der Waals surface area contributed by atoms with Crippen molar-refractivity contribution < 1.29 is 22.7 Å². The molecule has 1 saturated heterocycles. The van der Waals surface area contributed by atoms with E-state index in [1.807, 2.05) is 37.3 Å². The van der Waals surface area contributed by atoms with Crippen LogP contribution < -0.4 is 9.46 Å². The molecule has 1 aliphatic rings. The number of carbonyl (C=O) groups is 2. The molecule has 2 aromatic rings. The molecule has 1 heterocycles. The van der Waals surface area contributed by atoms with Crippen LogP contribution in [0.4, 0.5) is 0 Å². The second-order valence-corrected chi connectivity index (χ2v) is 10.2. The summed E-state index contributed by atoms with van der Waals surface area (Å²) in [6.45, 7) is 7.38. The van der Waals surface area contributed by atoms with Crippen molar-refractivity contribution in [3.63, 3.8) is 0 Å². The normalized spacial score (nSPS) is 18.8. The van der Waals surface area contributed by atoms with E-state index < -0.39 is 26.9 Å². The van der Waals surface area contributed by atoms with E-state index in [4.69, 9.17) is 4.74 Å². The van der Waals surface area contributed by atoms with E-state index in [1.54, 1.807) is 32.9 Å². The van der Waals surface area contributed by atoms with Gasteiger partial charge in [-0.3, -0.25) is 9.59 Å². The second-order valence-electron chi connectivity index (χ2n) is 8.56. The van der Waals surface area contributed by atoms with Crippen LogP contribution in [0.3, 0.4) is 0 Å². The first-order valence-electron chi connectivity index (χ1n) is 10.0. The molecule has 1 atom stereocenters. The number of nitrogens with one attached hydrogen (secondary N) is 1. The Bertz CT molecular complexity index is 1110. The highest BCUT2D eigenvalue weighted by atomic mass is 32.2. The lowest BCUT2D eigenvalue weighted by atomic mass is 9.78. The lowest BCUT2D eigenvalue weighted by Gasteiger charge is -2.51. The maximum atomic E-state index is 13.3. The van der Waals surface area contributed by atoms with Gasteiger partial charge in [0, 0.05) is 6.54 Å². The number of likely N-dealkylation sites (tertiary alicyclic amines) is 1. The van der Waals surface area contributed by atoms with Gasteiger partial charge in [-0.25, -0.2) is 13.1 Å². The number of carbonyl (C=O) groups excluding carboxylic acids is 2. The van der Waals surface area contributed by atoms with Gasteiger partial charge in [-0.05, 0) is 57.4 Å². The fourth-order valence-electron chi connectivity index (χ4n) is 3.72. The van der Waals surface area contributed by atoms with E-state index in [0.717, 1.165) is 11.1 Å². The molecule has 31 heavy (non-hydrogen) atoms. The summed E-state index contributed by atoms with van der Waals surface area (Å²) in [5.41, 5.74) is -0.462. The fraction of sp³-hybridized carbons (Fsp3) is 0.391. The summed E-state index contributed by atoms with van der Waals surface area (Å²) in [7, 11) is -2.81. The van der Waals surface area contributed by atoms with Crippen molar-refractivity contribution in [2.24, 2.45) is 0 Å². The van der Waals surface area contributed by atoms with Crippen molar-refractivity contribution in [1.82, 2.24) is 9.62 Å². The highest BCUT2D eigenvalue weighted by Gasteiger charge is 2.53. The molecule has 7 nitrogen and oxygen atoms in total. The summed E-state index contributed by atoms with van der Waals surface area (Å²) in [5.74, 6) is -0.816. The standard InChI is InChI=1S/C23H28N2O5S/c1-16-11-12-19(18(15-16)30-5)31(28,29)24-20(26)23(4)13-14-25(23)21(27)22(2,3)17-9-7-6-8-10-17/h6-12,15H,13-14H2,1-5H3,(H,24,26). The molecule has 1 unspecified atom stereocenters. The third kappa shape index (κ3) is 4.04. The number of sulfonamides is 1. The topological polar surface area (TPSA) is 92.8 Å². The van der Waals surface area contributed by atoms with Crippen LogP contribution >= 0.6 is 0 Å². The Kier molecular flexibility index (Phi) is 5.88. The number of nitrogens with zero attached hydrogens (tertiary/aromatic N) is 1. The van der Waals surface area contributed by atoms with E-state index in [0.29, 0.717) is 13.0 Å². The van der Waals surface area contributed by atoms with Gasteiger partial charge < -0.3 is 9.64 Å². The minimum absolute atomic E-state index is 0.126. The molecule has 2 aromatic carbocycles. The Morgan fingerprint density at radius 3 is 2.32 bits per heavy atom. The van der Waals surface area contributed by atoms with Gasteiger partial charge in [0.2, 0.25) is 5.91 Å². The number of rotatable bonds is 6. The van der Waals surface area contributed by atoms with Gasteiger partial charge in [0.25, 0.3) is 15.9 Å². The highest BCUT2D eigenvalue weighted by molar-refractivity contribution is 7.90. The Balaban J connectivity index is 1.84. The van der Waals surface area contributed by atoms with Crippen molar-refractivity contribution in [3.05, 3.63) is 59.7 Å². The summed E-state index contributed by atoms with van der Waals surface area (Å²) in [5, 5.41) is 0. The molecule has 0 spiro atoms. The summed E-state index contributed by atoms with van der Waals surface area (Å²) < 4.78 is 33.1. The van der Waals surface area contributed by atoms with Crippen molar-refractivity contribution in [2.75, 3.05) is 13.7 Å². The first kappa shape index (κ1) is 22.8. The molecule has 0 bridgehead atoms. The number of methoxy groups -OCH3 is 1. The smallest absolute Gasteiger partial charge is 0.267 e. The zero-order chi connectivity index (χ0) is 23.0. The van der Waals surface area contributed by atoms with Gasteiger partial charge in [0.05, 0.1) is 12.5 Å². The van der Waals surface area contributed by atoms with Gasteiger partial charge >= 0.3 is 0 Å². The van der Waals surface area contributed by atoms with Crippen molar-refractivity contribution in [3.8, 4) is 5.75 Å². The molecule has 1 fully saturated rings. The van der Waals surface area contributed by atoms with Crippen molar-refractivity contribution >= 4 is 21.8 Å². The predicted molar refractivity (Wildman–Crippen MR) is 117 cm³/mol. The zero-order valence-corrected chi connectivity index (χ0v) is 19.2. The summed E-state index contributed by atoms with van der Waals surface area (Å²) in [6.07, 6.45) is 0.371. The summed E-state index contributed by atoms with van der Waals surface area (Å²) in [4.78, 5) is 27.7. The van der Waals surface area contributed by atoms with Gasteiger partial charge in [-0.2, -0.15) is 0 Å².